The summed E-state index contributed by atoms with van der Waals surface area (Å²) in [7, 11) is 1.14. The third kappa shape index (κ3) is 1.91. The number of methoxy groups -OCH3 is 1. The molecule has 82 valence electrons. The molecule has 0 aliphatic carbocycles. The monoisotopic (exact) mass is 212 g/mol. The summed E-state index contributed by atoms with van der Waals surface area (Å²) in [5.41, 5.74) is -0.888. The van der Waals surface area contributed by atoms with Crippen molar-refractivity contribution in [2.75, 3.05) is 7.11 Å². The molecule has 0 aromatic carbocycles. The summed E-state index contributed by atoms with van der Waals surface area (Å²) in [5.74, 6) is -2.73. The minimum Gasteiger partial charge on any atom is -0.465 e. The maximum Gasteiger partial charge on any atom is 0.385 e. The molecule has 1 heterocycles. The third-order valence-corrected chi connectivity index (χ3v) is 1.90. The van der Waals surface area contributed by atoms with Crippen molar-refractivity contribution in [2.45, 2.75) is 20.8 Å². The topological polar surface area (TPSA) is 69.7 Å². The van der Waals surface area contributed by atoms with E-state index in [1.807, 2.05) is 0 Å². The van der Waals surface area contributed by atoms with E-state index in [4.69, 9.17) is 4.74 Å². The van der Waals surface area contributed by atoms with Crippen LogP contribution in [0.5, 0.6) is 0 Å². The van der Waals surface area contributed by atoms with Gasteiger partial charge in [-0.05, 0) is 0 Å². The second-order valence-electron chi connectivity index (χ2n) is 4.16. The molecule has 0 N–H and O–H groups in total. The van der Waals surface area contributed by atoms with Crippen LogP contribution in [0.3, 0.4) is 0 Å². The number of ketones is 1. The Labute approximate surface area is 87.0 Å². The third-order valence-electron chi connectivity index (χ3n) is 1.90. The van der Waals surface area contributed by atoms with Crippen LogP contribution < -0.4 is 0 Å². The molecule has 15 heavy (non-hydrogen) atoms. The molecule has 1 rings (SSSR count). The first-order valence-corrected chi connectivity index (χ1v) is 4.38. The molecule has 0 saturated heterocycles. The quantitative estimate of drug-likeness (QED) is 0.361. The van der Waals surface area contributed by atoms with Crippen LogP contribution in [0.4, 0.5) is 0 Å². The average molecular weight is 212 g/mol. The second-order valence-corrected chi connectivity index (χ2v) is 4.16. The fraction of sp³-hybridized carbons (Fsp3) is 0.500. The second kappa shape index (κ2) is 3.49. The molecule has 0 amide bonds. The number of cyclic esters (lactones) is 1. The standard InChI is InChI=1S/C10H12O5/c1-10(2,3)7-5(8(12)14-4)6(11)9(13)15-7/h1-4H3. The van der Waals surface area contributed by atoms with Crippen LogP contribution in [0.1, 0.15) is 20.8 Å². The first-order valence-electron chi connectivity index (χ1n) is 4.38. The molecule has 0 radical (unpaired) electrons. The zero-order valence-electron chi connectivity index (χ0n) is 9.04. The van der Waals surface area contributed by atoms with Gasteiger partial charge in [0.15, 0.2) is 5.57 Å². The van der Waals surface area contributed by atoms with Gasteiger partial charge in [-0.25, -0.2) is 9.59 Å². The fourth-order valence-corrected chi connectivity index (χ4v) is 1.21. The van der Waals surface area contributed by atoms with Gasteiger partial charge in [-0.1, -0.05) is 20.8 Å². The lowest BCUT2D eigenvalue weighted by Gasteiger charge is -2.18. The Balaban J connectivity index is 3.28. The first-order chi connectivity index (χ1) is 6.79. The summed E-state index contributed by atoms with van der Waals surface area (Å²) in [4.78, 5) is 33.7. The number of allylic oxidation sites excluding steroid dienone is 1. The molecule has 0 aromatic heterocycles. The van der Waals surface area contributed by atoms with E-state index in [0.29, 0.717) is 0 Å². The lowest BCUT2D eigenvalue weighted by Crippen LogP contribution is -2.18. The summed E-state index contributed by atoms with van der Waals surface area (Å²) in [6.45, 7) is 5.20. The number of Topliss-reactive ketones (excluding diaryl/α,β-unsaturated/α-hetero) is 1. The number of hydrogen-bond acceptors (Lipinski definition) is 5. The molecular weight excluding hydrogens is 200 g/mol. The number of carbonyl (C=O) groups excluding carboxylic acids is 3. The van der Waals surface area contributed by atoms with E-state index in [2.05, 4.69) is 4.74 Å². The van der Waals surface area contributed by atoms with Crippen molar-refractivity contribution in [3.63, 3.8) is 0 Å². The van der Waals surface area contributed by atoms with Gasteiger partial charge in [-0.15, -0.1) is 0 Å². The highest BCUT2D eigenvalue weighted by Crippen LogP contribution is 2.33. The van der Waals surface area contributed by atoms with Gasteiger partial charge in [0, 0.05) is 5.41 Å². The van der Waals surface area contributed by atoms with Gasteiger partial charge in [0.25, 0.3) is 5.78 Å². The van der Waals surface area contributed by atoms with E-state index in [0.717, 1.165) is 7.11 Å². The van der Waals surface area contributed by atoms with E-state index in [1.165, 1.54) is 0 Å². The molecule has 0 bridgehead atoms. The summed E-state index contributed by atoms with van der Waals surface area (Å²) >= 11 is 0. The molecule has 5 heteroatoms. The van der Waals surface area contributed by atoms with Crippen LogP contribution in [0.25, 0.3) is 0 Å². The predicted octanol–water partition coefficient (Wildman–Crippen LogP) is 0.585. The summed E-state index contributed by atoms with van der Waals surface area (Å²) < 4.78 is 9.19. The van der Waals surface area contributed by atoms with Gasteiger partial charge in [0.1, 0.15) is 5.76 Å². The number of carbonyl (C=O) groups is 3. The summed E-state index contributed by atoms with van der Waals surface area (Å²) in [6.07, 6.45) is 0. The zero-order valence-corrected chi connectivity index (χ0v) is 9.04. The van der Waals surface area contributed by atoms with Crippen LogP contribution >= 0.6 is 0 Å². The number of esters is 2. The van der Waals surface area contributed by atoms with Gasteiger partial charge >= 0.3 is 11.9 Å². The van der Waals surface area contributed by atoms with Crippen LogP contribution in [0, 0.1) is 5.41 Å². The van der Waals surface area contributed by atoms with Crippen molar-refractivity contribution >= 4 is 17.7 Å². The Hall–Kier alpha value is -1.65. The number of ether oxygens (including phenoxy) is 2. The summed E-state index contributed by atoms with van der Waals surface area (Å²) in [5, 5.41) is 0. The predicted molar refractivity (Wildman–Crippen MR) is 49.6 cm³/mol. The van der Waals surface area contributed by atoms with Crippen molar-refractivity contribution in [1.29, 1.82) is 0 Å². The van der Waals surface area contributed by atoms with E-state index in [-0.39, 0.29) is 11.3 Å². The van der Waals surface area contributed by atoms with E-state index >= 15 is 0 Å². The highest BCUT2D eigenvalue weighted by Gasteiger charge is 2.43. The Morgan fingerprint density at radius 3 is 2.20 bits per heavy atom. The highest BCUT2D eigenvalue weighted by atomic mass is 16.6. The van der Waals surface area contributed by atoms with Crippen molar-refractivity contribution in [3.8, 4) is 0 Å². The van der Waals surface area contributed by atoms with Gasteiger partial charge in [-0.2, -0.15) is 0 Å². The van der Waals surface area contributed by atoms with Crippen LogP contribution in [-0.2, 0) is 23.9 Å². The van der Waals surface area contributed by atoms with Gasteiger partial charge in [0.2, 0.25) is 0 Å². The van der Waals surface area contributed by atoms with Gasteiger partial charge in [0.05, 0.1) is 7.11 Å². The molecule has 0 unspecified atom stereocenters. The Kier molecular flexibility index (Phi) is 2.66. The van der Waals surface area contributed by atoms with Crippen LogP contribution in [0.2, 0.25) is 0 Å². The minimum atomic E-state index is -1.03. The fourth-order valence-electron chi connectivity index (χ4n) is 1.21. The highest BCUT2D eigenvalue weighted by molar-refractivity contribution is 6.49. The Morgan fingerprint density at radius 2 is 1.80 bits per heavy atom. The molecule has 1 aliphatic heterocycles. The zero-order chi connectivity index (χ0) is 11.8. The molecule has 0 spiro atoms. The molecule has 0 aromatic rings. The van der Waals surface area contributed by atoms with E-state index in [1.54, 1.807) is 20.8 Å². The van der Waals surface area contributed by atoms with E-state index < -0.39 is 23.1 Å². The van der Waals surface area contributed by atoms with Crippen molar-refractivity contribution in [3.05, 3.63) is 11.3 Å². The van der Waals surface area contributed by atoms with Crippen LogP contribution in [-0.4, -0.2) is 24.8 Å². The maximum absolute atomic E-state index is 11.3. The van der Waals surface area contributed by atoms with Gasteiger partial charge < -0.3 is 9.47 Å². The largest absolute Gasteiger partial charge is 0.465 e. The van der Waals surface area contributed by atoms with Crippen LogP contribution in [0.15, 0.2) is 11.3 Å². The van der Waals surface area contributed by atoms with Crippen molar-refractivity contribution in [2.24, 2.45) is 5.41 Å². The first kappa shape index (κ1) is 11.4. The lowest BCUT2D eigenvalue weighted by molar-refractivity contribution is -0.148. The number of hydrogen-bond donors (Lipinski definition) is 0. The smallest absolute Gasteiger partial charge is 0.385 e. The average Bonchev–Trinajstić information content (AvgIpc) is 2.42. The molecule has 5 nitrogen and oxygen atoms in total. The van der Waals surface area contributed by atoms with E-state index in [9.17, 15) is 14.4 Å². The Morgan fingerprint density at radius 1 is 1.27 bits per heavy atom. The molecule has 0 saturated carbocycles. The van der Waals surface area contributed by atoms with Gasteiger partial charge in [-0.3, -0.25) is 4.79 Å². The minimum absolute atomic E-state index is 0.0735. The van der Waals surface area contributed by atoms with Crippen molar-refractivity contribution < 1.29 is 23.9 Å². The SMILES string of the molecule is COC(=O)C1=C(C(C)(C)C)OC(=O)C1=O. The molecule has 1 aliphatic rings. The Bertz CT molecular complexity index is 370. The maximum atomic E-state index is 11.3. The molecular formula is C10H12O5. The molecule has 0 fully saturated rings. The molecule has 0 atom stereocenters. The lowest BCUT2D eigenvalue weighted by atomic mass is 9.90. The normalized spacial score (nSPS) is 16.8. The van der Waals surface area contributed by atoms with Crippen molar-refractivity contribution in [1.82, 2.24) is 0 Å². The summed E-state index contributed by atoms with van der Waals surface area (Å²) in [6, 6.07) is 0. The number of rotatable bonds is 1.